The van der Waals surface area contributed by atoms with Gasteiger partial charge in [0.1, 0.15) is 11.4 Å². The first-order chi connectivity index (χ1) is 13.5. The van der Waals surface area contributed by atoms with Gasteiger partial charge in [0.25, 0.3) is 5.91 Å². The molecule has 1 amide bonds. The van der Waals surface area contributed by atoms with Crippen LogP contribution in [0.25, 0.3) is 11.3 Å². The predicted molar refractivity (Wildman–Crippen MR) is 103 cm³/mol. The van der Waals surface area contributed by atoms with E-state index in [2.05, 4.69) is 20.6 Å². The Labute approximate surface area is 162 Å². The van der Waals surface area contributed by atoms with Gasteiger partial charge in [0, 0.05) is 24.4 Å². The summed E-state index contributed by atoms with van der Waals surface area (Å²) < 4.78 is 6.87. The van der Waals surface area contributed by atoms with Crippen LogP contribution in [0.4, 0.5) is 0 Å². The van der Waals surface area contributed by atoms with Gasteiger partial charge in [-0.2, -0.15) is 10.2 Å². The van der Waals surface area contributed by atoms with Crippen LogP contribution in [0, 0.1) is 5.92 Å². The van der Waals surface area contributed by atoms with Gasteiger partial charge in [-0.25, -0.2) is 0 Å². The van der Waals surface area contributed by atoms with Crippen LogP contribution in [0.15, 0.2) is 42.7 Å². The molecule has 1 aromatic carbocycles. The Morgan fingerprint density at radius 3 is 2.71 bits per heavy atom. The Balaban J connectivity index is 1.50. The number of carbonyl (C=O) groups is 1. The number of nitrogens with one attached hydrogen (secondary N) is 2. The highest BCUT2D eigenvalue weighted by atomic mass is 16.5. The highest BCUT2D eigenvalue weighted by Crippen LogP contribution is 2.38. The lowest BCUT2D eigenvalue weighted by Crippen LogP contribution is -2.41. The van der Waals surface area contributed by atoms with Crippen molar-refractivity contribution in [1.29, 1.82) is 0 Å². The van der Waals surface area contributed by atoms with Gasteiger partial charge in [-0.05, 0) is 49.1 Å². The first-order valence-corrected chi connectivity index (χ1v) is 9.21. The van der Waals surface area contributed by atoms with Crippen LogP contribution in [0.1, 0.15) is 34.9 Å². The van der Waals surface area contributed by atoms with Gasteiger partial charge >= 0.3 is 0 Å². The van der Waals surface area contributed by atoms with E-state index in [1.165, 1.54) is 0 Å². The number of benzene rings is 1. The number of rotatable bonds is 6. The second-order valence-electron chi connectivity index (χ2n) is 7.18. The third-order valence-electron chi connectivity index (χ3n) is 5.20. The van der Waals surface area contributed by atoms with Gasteiger partial charge < -0.3 is 15.2 Å². The molecule has 28 heavy (non-hydrogen) atoms. The largest absolute Gasteiger partial charge is 0.497 e. The molecule has 1 aliphatic carbocycles. The second-order valence-corrected chi connectivity index (χ2v) is 7.18. The summed E-state index contributed by atoms with van der Waals surface area (Å²) in [6.07, 6.45) is 4.69. The number of carbonyl (C=O) groups excluding carboxylic acids is 1. The molecule has 0 bridgehead atoms. The van der Waals surface area contributed by atoms with Crippen molar-refractivity contribution >= 4 is 5.91 Å². The van der Waals surface area contributed by atoms with Crippen molar-refractivity contribution in [2.75, 3.05) is 7.11 Å². The minimum atomic E-state index is -0.296. The first-order valence-electron chi connectivity index (χ1n) is 9.21. The zero-order valence-corrected chi connectivity index (χ0v) is 15.8. The van der Waals surface area contributed by atoms with E-state index in [0.717, 1.165) is 16.9 Å². The monoisotopic (exact) mass is 381 g/mol. The number of aryl methyl sites for hydroxylation is 1. The summed E-state index contributed by atoms with van der Waals surface area (Å²) in [4.78, 5) is 12.8. The molecular weight excluding hydrogens is 358 g/mol. The van der Waals surface area contributed by atoms with Crippen molar-refractivity contribution in [3.8, 4) is 17.0 Å². The number of aromatic amines is 1. The third-order valence-corrected chi connectivity index (χ3v) is 5.20. The van der Waals surface area contributed by atoms with Crippen LogP contribution in [-0.4, -0.2) is 44.2 Å². The van der Waals surface area contributed by atoms with E-state index in [-0.39, 0.29) is 24.0 Å². The minimum absolute atomic E-state index is 0.187. The lowest BCUT2D eigenvalue weighted by molar-refractivity contribution is 0.0234. The van der Waals surface area contributed by atoms with Gasteiger partial charge in [-0.3, -0.25) is 14.6 Å². The number of hydrogen-bond acceptors (Lipinski definition) is 5. The molecule has 146 valence electrons. The Bertz CT molecular complexity index is 956. The molecule has 4 rings (SSSR count). The van der Waals surface area contributed by atoms with Crippen molar-refractivity contribution in [3.63, 3.8) is 0 Å². The molecule has 0 radical (unpaired) electrons. The molecule has 1 fully saturated rings. The van der Waals surface area contributed by atoms with E-state index in [1.807, 2.05) is 37.5 Å². The molecule has 8 heteroatoms. The number of methoxy groups -OCH3 is 1. The van der Waals surface area contributed by atoms with Crippen LogP contribution in [0.2, 0.25) is 0 Å². The van der Waals surface area contributed by atoms with Crippen molar-refractivity contribution in [1.82, 2.24) is 25.3 Å². The molecule has 8 nitrogen and oxygen atoms in total. The van der Waals surface area contributed by atoms with E-state index in [1.54, 1.807) is 24.1 Å². The maximum Gasteiger partial charge on any atom is 0.269 e. The van der Waals surface area contributed by atoms with Crippen LogP contribution in [-0.2, 0) is 7.05 Å². The maximum absolute atomic E-state index is 12.8. The summed E-state index contributed by atoms with van der Waals surface area (Å²) in [5.74, 6) is 0.717. The molecule has 0 spiro atoms. The van der Waals surface area contributed by atoms with E-state index in [0.29, 0.717) is 24.2 Å². The normalized spacial score (nSPS) is 19.7. The molecule has 2 aromatic heterocycles. The van der Waals surface area contributed by atoms with Gasteiger partial charge in [-0.15, -0.1) is 0 Å². The van der Waals surface area contributed by atoms with Crippen molar-refractivity contribution in [2.45, 2.75) is 25.0 Å². The number of ether oxygens (including phenoxy) is 1. The molecule has 3 aromatic rings. The molecule has 1 saturated carbocycles. The third kappa shape index (κ3) is 3.63. The van der Waals surface area contributed by atoms with Gasteiger partial charge in [-0.1, -0.05) is 0 Å². The standard InChI is InChI=1S/C20H23N5O3/c1-25-11-14(10-21-25)19(13-7-15(26)8-13)22-20(27)18-9-17(23-24-18)12-3-5-16(28-2)6-4-12/h3-6,9-11,13,15,19,26H,7-8H2,1-2H3,(H,22,27)(H,23,24)/t13?,15?,19-/m1/s1. The van der Waals surface area contributed by atoms with E-state index in [4.69, 9.17) is 4.74 Å². The van der Waals surface area contributed by atoms with Crippen LogP contribution < -0.4 is 10.1 Å². The topological polar surface area (TPSA) is 105 Å². The summed E-state index contributed by atoms with van der Waals surface area (Å²) >= 11 is 0. The Morgan fingerprint density at radius 2 is 2.11 bits per heavy atom. The van der Waals surface area contributed by atoms with E-state index >= 15 is 0 Å². The summed E-state index contributed by atoms with van der Waals surface area (Å²) in [6, 6.07) is 9.02. The summed E-state index contributed by atoms with van der Waals surface area (Å²) in [5.41, 5.74) is 2.90. The second kappa shape index (κ2) is 7.47. The number of aliphatic hydroxyl groups excluding tert-OH is 1. The Kier molecular flexibility index (Phi) is 4.87. The minimum Gasteiger partial charge on any atom is -0.497 e. The van der Waals surface area contributed by atoms with Crippen molar-refractivity contribution in [2.24, 2.45) is 13.0 Å². The molecule has 0 saturated heterocycles. The van der Waals surface area contributed by atoms with Crippen LogP contribution >= 0.6 is 0 Å². The quantitative estimate of drug-likeness (QED) is 0.606. The van der Waals surface area contributed by atoms with Crippen molar-refractivity contribution < 1.29 is 14.6 Å². The fraction of sp³-hybridized carbons (Fsp3) is 0.350. The first kappa shape index (κ1) is 18.2. The zero-order chi connectivity index (χ0) is 19.7. The lowest BCUT2D eigenvalue weighted by Gasteiger charge is -2.37. The van der Waals surface area contributed by atoms with Gasteiger partial charge in [0.15, 0.2) is 0 Å². The smallest absolute Gasteiger partial charge is 0.269 e. The number of amides is 1. The number of nitrogens with zero attached hydrogens (tertiary/aromatic N) is 3. The predicted octanol–water partition coefficient (Wildman–Crippen LogP) is 2.06. The van der Waals surface area contributed by atoms with Gasteiger partial charge in [0.2, 0.25) is 0 Å². The SMILES string of the molecule is COc1ccc(-c2cc(C(=O)N[C@@H](c3cnn(C)c3)C3CC(O)C3)[nH]n2)cc1. The summed E-state index contributed by atoms with van der Waals surface area (Å²) in [7, 11) is 3.46. The fourth-order valence-corrected chi connectivity index (χ4v) is 3.54. The summed E-state index contributed by atoms with van der Waals surface area (Å²) in [6.45, 7) is 0. The average molecular weight is 381 g/mol. The molecular formula is C20H23N5O3. The molecule has 0 unspecified atom stereocenters. The Hall–Kier alpha value is -3.13. The molecule has 1 aliphatic rings. The van der Waals surface area contributed by atoms with Crippen LogP contribution in [0.3, 0.4) is 0 Å². The Morgan fingerprint density at radius 1 is 1.36 bits per heavy atom. The number of aromatic nitrogens is 4. The number of H-pyrrole nitrogens is 1. The maximum atomic E-state index is 12.8. The highest BCUT2D eigenvalue weighted by Gasteiger charge is 2.36. The molecule has 1 atom stereocenters. The lowest BCUT2D eigenvalue weighted by atomic mass is 9.75. The number of aliphatic hydroxyl groups is 1. The fourth-order valence-electron chi connectivity index (χ4n) is 3.54. The van der Waals surface area contributed by atoms with Gasteiger partial charge in [0.05, 0.1) is 31.1 Å². The van der Waals surface area contributed by atoms with E-state index in [9.17, 15) is 9.90 Å². The molecule has 3 N–H and O–H groups in total. The molecule has 0 aliphatic heterocycles. The zero-order valence-electron chi connectivity index (χ0n) is 15.8. The highest BCUT2D eigenvalue weighted by molar-refractivity contribution is 5.93. The molecule has 2 heterocycles. The van der Waals surface area contributed by atoms with Crippen LogP contribution in [0.5, 0.6) is 5.75 Å². The summed E-state index contributed by atoms with van der Waals surface area (Å²) in [5, 5.41) is 24.0. The number of hydrogen-bond donors (Lipinski definition) is 3. The average Bonchev–Trinajstić information content (AvgIpc) is 3.33. The van der Waals surface area contributed by atoms with Crippen molar-refractivity contribution in [3.05, 3.63) is 54.0 Å². The van der Waals surface area contributed by atoms with E-state index < -0.39 is 0 Å².